The van der Waals surface area contributed by atoms with Crippen LogP contribution in [-0.2, 0) is 0 Å². The molecule has 1 fully saturated rings. The molecule has 23 heavy (non-hydrogen) atoms. The SMILES string of the molecule is Cc1csc(-c2cccc(C(=O)NC3CCCCC3CO)c2)n1. The number of carbonyl (C=O) groups is 1. The molecular formula is C18H22N2O2S. The quantitative estimate of drug-likeness (QED) is 0.903. The second-order valence-corrected chi connectivity index (χ2v) is 7.04. The Morgan fingerprint density at radius 3 is 2.96 bits per heavy atom. The summed E-state index contributed by atoms with van der Waals surface area (Å²) in [6.45, 7) is 2.11. The molecular weight excluding hydrogens is 308 g/mol. The van der Waals surface area contributed by atoms with Gasteiger partial charge in [-0.25, -0.2) is 4.98 Å². The molecule has 1 saturated carbocycles. The highest BCUT2D eigenvalue weighted by Crippen LogP contribution is 2.26. The molecule has 1 aliphatic rings. The summed E-state index contributed by atoms with van der Waals surface area (Å²) in [5, 5.41) is 15.5. The fraction of sp³-hybridized carbons (Fsp3) is 0.444. The number of rotatable bonds is 4. The number of hydrogen-bond acceptors (Lipinski definition) is 4. The van der Waals surface area contributed by atoms with Gasteiger partial charge >= 0.3 is 0 Å². The van der Waals surface area contributed by atoms with E-state index in [4.69, 9.17) is 0 Å². The van der Waals surface area contributed by atoms with Gasteiger partial charge in [-0.15, -0.1) is 11.3 Å². The van der Waals surface area contributed by atoms with E-state index in [-0.39, 0.29) is 24.5 Å². The standard InChI is InChI=1S/C18H22N2O2S/c1-12-11-23-18(19-12)14-7-4-6-13(9-14)17(22)20-16-8-3-2-5-15(16)10-21/h4,6-7,9,11,15-16,21H,2-3,5,8,10H2,1H3,(H,20,22). The molecule has 2 aromatic rings. The largest absolute Gasteiger partial charge is 0.396 e. The average Bonchev–Trinajstić information content (AvgIpc) is 3.02. The van der Waals surface area contributed by atoms with Crippen LogP contribution in [0.5, 0.6) is 0 Å². The molecule has 5 heteroatoms. The summed E-state index contributed by atoms with van der Waals surface area (Å²) in [5.74, 6) is 0.114. The van der Waals surface area contributed by atoms with Crippen molar-refractivity contribution in [2.24, 2.45) is 5.92 Å². The summed E-state index contributed by atoms with van der Waals surface area (Å²) in [4.78, 5) is 17.0. The lowest BCUT2D eigenvalue weighted by Crippen LogP contribution is -2.43. The van der Waals surface area contributed by atoms with Gasteiger partial charge in [0.05, 0.1) is 0 Å². The van der Waals surface area contributed by atoms with E-state index in [1.54, 1.807) is 11.3 Å². The second kappa shape index (κ2) is 7.23. The van der Waals surface area contributed by atoms with Gasteiger partial charge in [-0.2, -0.15) is 0 Å². The predicted octanol–water partition coefficient (Wildman–Crippen LogP) is 3.40. The summed E-state index contributed by atoms with van der Waals surface area (Å²) in [6.07, 6.45) is 4.18. The zero-order valence-corrected chi connectivity index (χ0v) is 14.1. The number of thiazole rings is 1. The van der Waals surface area contributed by atoms with Crippen LogP contribution in [0, 0.1) is 12.8 Å². The van der Waals surface area contributed by atoms with Gasteiger partial charge in [0.15, 0.2) is 0 Å². The highest BCUT2D eigenvalue weighted by molar-refractivity contribution is 7.13. The Balaban J connectivity index is 1.74. The maximum absolute atomic E-state index is 12.6. The molecule has 0 aliphatic heterocycles. The van der Waals surface area contributed by atoms with Crippen molar-refractivity contribution in [3.05, 3.63) is 40.9 Å². The van der Waals surface area contributed by atoms with E-state index in [0.29, 0.717) is 5.56 Å². The van der Waals surface area contributed by atoms with Crippen molar-refractivity contribution in [3.8, 4) is 10.6 Å². The van der Waals surface area contributed by atoms with Crippen molar-refractivity contribution in [1.29, 1.82) is 0 Å². The minimum atomic E-state index is -0.0644. The van der Waals surface area contributed by atoms with Crippen molar-refractivity contribution in [2.45, 2.75) is 38.6 Å². The third kappa shape index (κ3) is 3.79. The molecule has 4 nitrogen and oxygen atoms in total. The van der Waals surface area contributed by atoms with Crippen molar-refractivity contribution in [2.75, 3.05) is 6.61 Å². The normalized spacial score (nSPS) is 21.1. The van der Waals surface area contributed by atoms with Crippen LogP contribution >= 0.6 is 11.3 Å². The van der Waals surface area contributed by atoms with Gasteiger partial charge in [-0.3, -0.25) is 4.79 Å². The molecule has 0 spiro atoms. The predicted molar refractivity (Wildman–Crippen MR) is 92.6 cm³/mol. The van der Waals surface area contributed by atoms with Crippen LogP contribution in [0.4, 0.5) is 0 Å². The molecule has 1 amide bonds. The molecule has 1 aromatic heterocycles. The molecule has 2 N–H and O–H groups in total. The molecule has 2 unspecified atom stereocenters. The lowest BCUT2D eigenvalue weighted by molar-refractivity contribution is 0.0872. The van der Waals surface area contributed by atoms with Gasteiger partial charge in [-0.05, 0) is 31.9 Å². The lowest BCUT2D eigenvalue weighted by atomic mass is 9.85. The summed E-state index contributed by atoms with van der Waals surface area (Å²) >= 11 is 1.59. The van der Waals surface area contributed by atoms with E-state index in [1.807, 2.05) is 36.6 Å². The van der Waals surface area contributed by atoms with Crippen LogP contribution in [0.2, 0.25) is 0 Å². The zero-order valence-electron chi connectivity index (χ0n) is 13.3. The Hall–Kier alpha value is -1.72. The van der Waals surface area contributed by atoms with Crippen LogP contribution < -0.4 is 5.32 Å². The Morgan fingerprint density at radius 2 is 2.22 bits per heavy atom. The Kier molecular flexibility index (Phi) is 5.08. The van der Waals surface area contributed by atoms with Crippen molar-refractivity contribution < 1.29 is 9.90 Å². The van der Waals surface area contributed by atoms with E-state index in [1.165, 1.54) is 0 Å². The molecule has 1 aliphatic carbocycles. The number of benzene rings is 1. The van der Waals surface area contributed by atoms with E-state index >= 15 is 0 Å². The number of carbonyl (C=O) groups excluding carboxylic acids is 1. The number of aliphatic hydroxyl groups excluding tert-OH is 1. The Labute approximate surface area is 140 Å². The first-order valence-electron chi connectivity index (χ1n) is 8.11. The summed E-state index contributed by atoms with van der Waals surface area (Å²) < 4.78 is 0. The van der Waals surface area contributed by atoms with Crippen molar-refractivity contribution in [3.63, 3.8) is 0 Å². The minimum Gasteiger partial charge on any atom is -0.396 e. The van der Waals surface area contributed by atoms with E-state index < -0.39 is 0 Å². The van der Waals surface area contributed by atoms with Gasteiger partial charge in [0.1, 0.15) is 5.01 Å². The average molecular weight is 330 g/mol. The smallest absolute Gasteiger partial charge is 0.251 e. The van der Waals surface area contributed by atoms with Gasteiger partial charge in [0.2, 0.25) is 0 Å². The van der Waals surface area contributed by atoms with Gasteiger partial charge < -0.3 is 10.4 Å². The summed E-state index contributed by atoms with van der Waals surface area (Å²) in [5.41, 5.74) is 2.61. The first-order chi connectivity index (χ1) is 11.2. The van der Waals surface area contributed by atoms with Gasteiger partial charge in [-0.1, -0.05) is 25.0 Å². The number of aliphatic hydroxyl groups is 1. The second-order valence-electron chi connectivity index (χ2n) is 6.18. The van der Waals surface area contributed by atoms with Crippen LogP contribution in [-0.4, -0.2) is 28.6 Å². The van der Waals surface area contributed by atoms with Crippen LogP contribution in [0.1, 0.15) is 41.7 Å². The van der Waals surface area contributed by atoms with Crippen molar-refractivity contribution >= 4 is 17.2 Å². The number of nitrogens with zero attached hydrogens (tertiary/aromatic N) is 1. The molecule has 122 valence electrons. The maximum atomic E-state index is 12.6. The molecule has 3 rings (SSSR count). The van der Waals surface area contributed by atoms with Crippen LogP contribution in [0.25, 0.3) is 10.6 Å². The van der Waals surface area contributed by atoms with E-state index in [9.17, 15) is 9.90 Å². The van der Waals surface area contributed by atoms with Crippen LogP contribution in [0.15, 0.2) is 29.6 Å². The number of aromatic nitrogens is 1. The van der Waals surface area contributed by atoms with E-state index in [0.717, 1.165) is 41.9 Å². The number of amides is 1. The third-order valence-corrected chi connectivity index (χ3v) is 5.46. The minimum absolute atomic E-state index is 0.0644. The fourth-order valence-electron chi connectivity index (χ4n) is 3.15. The first kappa shape index (κ1) is 16.1. The van der Waals surface area contributed by atoms with E-state index in [2.05, 4.69) is 10.3 Å². The van der Waals surface area contributed by atoms with Crippen molar-refractivity contribution in [1.82, 2.24) is 10.3 Å². The maximum Gasteiger partial charge on any atom is 0.251 e. The zero-order chi connectivity index (χ0) is 16.2. The molecule has 1 aromatic carbocycles. The summed E-state index contributed by atoms with van der Waals surface area (Å²) in [6, 6.07) is 7.67. The first-order valence-corrected chi connectivity index (χ1v) is 8.99. The Morgan fingerprint density at radius 1 is 1.39 bits per heavy atom. The monoisotopic (exact) mass is 330 g/mol. The number of hydrogen-bond donors (Lipinski definition) is 2. The summed E-state index contributed by atoms with van der Waals surface area (Å²) in [7, 11) is 0. The number of aryl methyl sites for hydroxylation is 1. The topological polar surface area (TPSA) is 62.2 Å². The highest BCUT2D eigenvalue weighted by atomic mass is 32.1. The fourth-order valence-corrected chi connectivity index (χ4v) is 3.94. The molecule has 0 saturated heterocycles. The molecule has 0 radical (unpaired) electrons. The highest BCUT2D eigenvalue weighted by Gasteiger charge is 2.26. The third-order valence-electron chi connectivity index (χ3n) is 4.45. The molecule has 2 atom stereocenters. The van der Waals surface area contributed by atoms with Gasteiger partial charge in [0.25, 0.3) is 5.91 Å². The molecule has 1 heterocycles. The lowest BCUT2D eigenvalue weighted by Gasteiger charge is -2.30. The van der Waals surface area contributed by atoms with Gasteiger partial charge in [0, 0.05) is 40.8 Å². The number of nitrogens with one attached hydrogen (secondary N) is 1. The van der Waals surface area contributed by atoms with Crippen LogP contribution in [0.3, 0.4) is 0 Å². The molecule has 0 bridgehead atoms. The Bertz CT molecular complexity index is 683.